The van der Waals surface area contributed by atoms with E-state index in [0.29, 0.717) is 18.5 Å². The molecule has 1 unspecified atom stereocenters. The minimum Gasteiger partial charge on any atom is -0.390 e. The standard InChI is InChI=1S/C13H28N2O2/c1-11(2)8-14-9-13(16)10-15(3)12-4-6-17-7-5-12/h11-14,16H,4-10H2,1-3H3. The van der Waals surface area contributed by atoms with Crippen molar-refractivity contribution >= 4 is 0 Å². The summed E-state index contributed by atoms with van der Waals surface area (Å²) >= 11 is 0. The number of rotatable bonds is 7. The van der Waals surface area contributed by atoms with Crippen LogP contribution in [-0.4, -0.2) is 62.0 Å². The first-order valence-electron chi connectivity index (χ1n) is 6.76. The summed E-state index contributed by atoms with van der Waals surface area (Å²) in [6.45, 7) is 8.47. The first kappa shape index (κ1) is 14.9. The normalized spacial score (nSPS) is 20.1. The summed E-state index contributed by atoms with van der Waals surface area (Å²) in [5, 5.41) is 13.2. The van der Waals surface area contributed by atoms with Crippen LogP contribution in [0, 0.1) is 5.92 Å². The van der Waals surface area contributed by atoms with Gasteiger partial charge in [0.1, 0.15) is 0 Å². The highest BCUT2D eigenvalue weighted by atomic mass is 16.5. The highest BCUT2D eigenvalue weighted by Crippen LogP contribution is 2.12. The monoisotopic (exact) mass is 244 g/mol. The Morgan fingerprint density at radius 3 is 2.53 bits per heavy atom. The molecule has 0 saturated carbocycles. The summed E-state index contributed by atoms with van der Waals surface area (Å²) in [6.07, 6.45) is 1.90. The van der Waals surface area contributed by atoms with Crippen LogP contribution in [0.5, 0.6) is 0 Å². The van der Waals surface area contributed by atoms with E-state index in [1.54, 1.807) is 0 Å². The SMILES string of the molecule is CC(C)CNCC(O)CN(C)C1CCOCC1. The Bertz CT molecular complexity index is 194. The average molecular weight is 244 g/mol. The van der Waals surface area contributed by atoms with Crippen LogP contribution in [-0.2, 0) is 4.74 Å². The number of likely N-dealkylation sites (N-methyl/N-ethyl adjacent to an activating group) is 1. The van der Waals surface area contributed by atoms with Crippen LogP contribution in [0.1, 0.15) is 26.7 Å². The van der Waals surface area contributed by atoms with E-state index in [1.807, 2.05) is 0 Å². The third-order valence-electron chi connectivity index (χ3n) is 3.25. The zero-order valence-corrected chi connectivity index (χ0v) is 11.5. The van der Waals surface area contributed by atoms with Crippen LogP contribution < -0.4 is 5.32 Å². The van der Waals surface area contributed by atoms with Crippen LogP contribution in [0.3, 0.4) is 0 Å². The number of nitrogens with zero attached hydrogens (tertiary/aromatic N) is 1. The van der Waals surface area contributed by atoms with Gasteiger partial charge in [0, 0.05) is 32.3 Å². The van der Waals surface area contributed by atoms with Gasteiger partial charge in [0.05, 0.1) is 6.10 Å². The molecule has 1 fully saturated rings. The van der Waals surface area contributed by atoms with Gasteiger partial charge >= 0.3 is 0 Å². The molecule has 0 aromatic rings. The fraction of sp³-hybridized carbons (Fsp3) is 1.00. The van der Waals surface area contributed by atoms with Crippen molar-refractivity contribution in [2.75, 3.05) is 39.9 Å². The molecule has 1 aliphatic heterocycles. The van der Waals surface area contributed by atoms with Gasteiger partial charge in [-0.2, -0.15) is 0 Å². The number of hydrogen-bond acceptors (Lipinski definition) is 4. The Morgan fingerprint density at radius 1 is 1.29 bits per heavy atom. The Hall–Kier alpha value is -0.160. The molecule has 0 aromatic carbocycles. The molecule has 0 aliphatic carbocycles. The van der Waals surface area contributed by atoms with Gasteiger partial charge in [-0.3, -0.25) is 0 Å². The molecule has 0 spiro atoms. The van der Waals surface area contributed by atoms with Crippen molar-refractivity contribution in [2.24, 2.45) is 5.92 Å². The van der Waals surface area contributed by atoms with Crippen molar-refractivity contribution in [3.8, 4) is 0 Å². The second-order valence-corrected chi connectivity index (χ2v) is 5.49. The Labute approximate surface area is 105 Å². The van der Waals surface area contributed by atoms with Crippen LogP contribution >= 0.6 is 0 Å². The van der Waals surface area contributed by atoms with Crippen molar-refractivity contribution in [3.05, 3.63) is 0 Å². The van der Waals surface area contributed by atoms with Gasteiger partial charge in [0.25, 0.3) is 0 Å². The predicted octanol–water partition coefficient (Wildman–Crippen LogP) is 0.704. The first-order chi connectivity index (χ1) is 8.09. The predicted molar refractivity (Wildman–Crippen MR) is 70.2 cm³/mol. The molecule has 1 saturated heterocycles. The third-order valence-corrected chi connectivity index (χ3v) is 3.25. The Balaban J connectivity index is 2.13. The molecule has 4 heteroatoms. The second-order valence-electron chi connectivity index (χ2n) is 5.49. The summed E-state index contributed by atoms with van der Waals surface area (Å²) in [5.41, 5.74) is 0. The summed E-state index contributed by atoms with van der Waals surface area (Å²) < 4.78 is 5.34. The zero-order valence-electron chi connectivity index (χ0n) is 11.5. The molecule has 0 amide bonds. The van der Waals surface area contributed by atoms with E-state index < -0.39 is 0 Å². The lowest BCUT2D eigenvalue weighted by Gasteiger charge is -2.32. The smallest absolute Gasteiger partial charge is 0.0791 e. The minimum atomic E-state index is -0.276. The lowest BCUT2D eigenvalue weighted by molar-refractivity contribution is 0.0256. The number of hydrogen-bond donors (Lipinski definition) is 2. The lowest BCUT2D eigenvalue weighted by Crippen LogP contribution is -2.43. The first-order valence-corrected chi connectivity index (χ1v) is 6.76. The number of ether oxygens (including phenoxy) is 1. The summed E-state index contributed by atoms with van der Waals surface area (Å²) in [6, 6.07) is 0.573. The second kappa shape index (κ2) is 8.03. The topological polar surface area (TPSA) is 44.7 Å². The number of aliphatic hydroxyl groups is 1. The van der Waals surface area contributed by atoms with Crippen molar-refractivity contribution in [2.45, 2.75) is 38.8 Å². The molecule has 102 valence electrons. The van der Waals surface area contributed by atoms with Gasteiger partial charge in [-0.15, -0.1) is 0 Å². The van der Waals surface area contributed by atoms with Gasteiger partial charge < -0.3 is 20.1 Å². The van der Waals surface area contributed by atoms with E-state index in [0.717, 1.165) is 39.1 Å². The zero-order chi connectivity index (χ0) is 12.7. The minimum absolute atomic E-state index is 0.276. The van der Waals surface area contributed by atoms with E-state index in [9.17, 15) is 5.11 Å². The maximum absolute atomic E-state index is 9.93. The van der Waals surface area contributed by atoms with Crippen molar-refractivity contribution in [1.29, 1.82) is 0 Å². The van der Waals surface area contributed by atoms with E-state index in [1.165, 1.54) is 0 Å². The Kier molecular flexibility index (Phi) is 7.04. The van der Waals surface area contributed by atoms with E-state index in [-0.39, 0.29) is 6.10 Å². The van der Waals surface area contributed by atoms with Crippen molar-refractivity contribution in [1.82, 2.24) is 10.2 Å². The highest BCUT2D eigenvalue weighted by molar-refractivity contribution is 4.75. The number of aliphatic hydroxyl groups excluding tert-OH is 1. The van der Waals surface area contributed by atoms with Gasteiger partial charge in [-0.1, -0.05) is 13.8 Å². The van der Waals surface area contributed by atoms with Crippen LogP contribution in [0.15, 0.2) is 0 Å². The average Bonchev–Trinajstić information content (AvgIpc) is 2.29. The molecule has 0 radical (unpaired) electrons. The largest absolute Gasteiger partial charge is 0.390 e. The fourth-order valence-corrected chi connectivity index (χ4v) is 2.21. The fourth-order valence-electron chi connectivity index (χ4n) is 2.21. The lowest BCUT2D eigenvalue weighted by atomic mass is 10.1. The maximum atomic E-state index is 9.93. The van der Waals surface area contributed by atoms with Crippen molar-refractivity contribution < 1.29 is 9.84 Å². The molecule has 0 aromatic heterocycles. The van der Waals surface area contributed by atoms with Gasteiger partial charge in [0.2, 0.25) is 0 Å². The molecule has 0 bridgehead atoms. The molecule has 2 N–H and O–H groups in total. The molecule has 1 aliphatic rings. The van der Waals surface area contributed by atoms with Crippen molar-refractivity contribution in [3.63, 3.8) is 0 Å². The Morgan fingerprint density at radius 2 is 1.94 bits per heavy atom. The van der Waals surface area contributed by atoms with Crippen LogP contribution in [0.4, 0.5) is 0 Å². The summed E-state index contributed by atoms with van der Waals surface area (Å²) in [4.78, 5) is 2.27. The number of nitrogens with one attached hydrogen (secondary N) is 1. The third kappa shape index (κ3) is 6.36. The van der Waals surface area contributed by atoms with Gasteiger partial charge in [0.15, 0.2) is 0 Å². The highest BCUT2D eigenvalue weighted by Gasteiger charge is 2.20. The molecule has 1 rings (SSSR count). The maximum Gasteiger partial charge on any atom is 0.0791 e. The van der Waals surface area contributed by atoms with Crippen LogP contribution in [0.2, 0.25) is 0 Å². The molecule has 1 atom stereocenters. The summed E-state index contributed by atoms with van der Waals surface area (Å²) in [5.74, 6) is 0.635. The van der Waals surface area contributed by atoms with E-state index >= 15 is 0 Å². The molecular formula is C13H28N2O2. The molecular weight excluding hydrogens is 216 g/mol. The van der Waals surface area contributed by atoms with Gasteiger partial charge in [-0.05, 0) is 32.4 Å². The van der Waals surface area contributed by atoms with Gasteiger partial charge in [-0.25, -0.2) is 0 Å². The van der Waals surface area contributed by atoms with E-state index in [2.05, 4.69) is 31.1 Å². The van der Waals surface area contributed by atoms with E-state index in [4.69, 9.17) is 4.74 Å². The quantitative estimate of drug-likeness (QED) is 0.692. The molecule has 17 heavy (non-hydrogen) atoms. The summed E-state index contributed by atoms with van der Waals surface area (Å²) in [7, 11) is 2.10. The molecule has 1 heterocycles. The van der Waals surface area contributed by atoms with Crippen LogP contribution in [0.25, 0.3) is 0 Å². The molecule has 4 nitrogen and oxygen atoms in total.